The Kier molecular flexibility index (Phi) is 4.40. The fourth-order valence-electron chi connectivity index (χ4n) is 2.30. The second-order valence-corrected chi connectivity index (χ2v) is 6.76. The molecular formula is C16H13BBr2N2O. The highest BCUT2D eigenvalue weighted by Gasteiger charge is 2.10. The summed E-state index contributed by atoms with van der Waals surface area (Å²) < 4.78 is 1.53. The molecule has 0 saturated carbocycles. The molecule has 22 heavy (non-hydrogen) atoms. The normalized spacial score (nSPS) is 10.8. The SMILES string of the molecule is Bc1ccccc1NCc1ccc2c(Br)cc(Br)c(O)c2n1. The Morgan fingerprint density at radius 2 is 1.86 bits per heavy atom. The molecule has 0 saturated heterocycles. The maximum absolute atomic E-state index is 10.2. The van der Waals surface area contributed by atoms with Gasteiger partial charge in [-0.25, -0.2) is 4.98 Å². The van der Waals surface area contributed by atoms with Crippen molar-refractivity contribution in [3.63, 3.8) is 0 Å². The van der Waals surface area contributed by atoms with E-state index in [9.17, 15) is 5.11 Å². The van der Waals surface area contributed by atoms with Crippen LogP contribution in [0.2, 0.25) is 0 Å². The van der Waals surface area contributed by atoms with Gasteiger partial charge in [0.05, 0.1) is 16.7 Å². The number of fused-ring (bicyclic) bond motifs is 1. The van der Waals surface area contributed by atoms with Gasteiger partial charge >= 0.3 is 0 Å². The molecule has 6 heteroatoms. The molecule has 0 atom stereocenters. The van der Waals surface area contributed by atoms with Gasteiger partial charge in [0.2, 0.25) is 0 Å². The van der Waals surface area contributed by atoms with Crippen molar-refractivity contribution in [3.05, 3.63) is 57.1 Å². The van der Waals surface area contributed by atoms with Crippen LogP contribution in [-0.2, 0) is 6.54 Å². The van der Waals surface area contributed by atoms with E-state index in [1.54, 1.807) is 0 Å². The fourth-order valence-corrected chi connectivity index (χ4v) is 3.57. The molecule has 110 valence electrons. The van der Waals surface area contributed by atoms with Gasteiger partial charge < -0.3 is 10.4 Å². The molecule has 0 aliphatic heterocycles. The number of pyridine rings is 1. The zero-order valence-corrected chi connectivity index (χ0v) is 15.1. The molecule has 0 unspecified atom stereocenters. The summed E-state index contributed by atoms with van der Waals surface area (Å²) in [6, 6.07) is 13.9. The molecule has 3 aromatic rings. The van der Waals surface area contributed by atoms with Crippen LogP contribution in [0.25, 0.3) is 10.9 Å². The smallest absolute Gasteiger partial charge is 0.156 e. The monoisotopic (exact) mass is 418 g/mol. The van der Waals surface area contributed by atoms with Gasteiger partial charge in [0.25, 0.3) is 0 Å². The van der Waals surface area contributed by atoms with Crippen molar-refractivity contribution in [2.75, 3.05) is 5.32 Å². The van der Waals surface area contributed by atoms with Gasteiger partial charge in [-0.3, -0.25) is 0 Å². The van der Waals surface area contributed by atoms with Crippen LogP contribution in [0.4, 0.5) is 5.69 Å². The van der Waals surface area contributed by atoms with Crippen LogP contribution in [0, 0.1) is 0 Å². The molecule has 1 heterocycles. The van der Waals surface area contributed by atoms with Crippen LogP contribution in [0.1, 0.15) is 5.69 Å². The lowest BCUT2D eigenvalue weighted by atomic mass is 9.94. The highest BCUT2D eigenvalue weighted by molar-refractivity contribution is 9.11. The Morgan fingerprint density at radius 3 is 2.64 bits per heavy atom. The summed E-state index contributed by atoms with van der Waals surface area (Å²) in [4.78, 5) is 4.57. The van der Waals surface area contributed by atoms with Crippen molar-refractivity contribution in [3.8, 4) is 5.75 Å². The number of nitrogens with zero attached hydrogens (tertiary/aromatic N) is 1. The summed E-state index contributed by atoms with van der Waals surface area (Å²) in [5.74, 6) is 0.163. The molecule has 0 fully saturated rings. The van der Waals surface area contributed by atoms with Gasteiger partial charge in [-0.05, 0) is 40.2 Å². The van der Waals surface area contributed by atoms with Crippen LogP contribution < -0.4 is 10.8 Å². The van der Waals surface area contributed by atoms with Crippen LogP contribution in [-0.4, -0.2) is 17.9 Å². The number of para-hydroxylation sites is 1. The lowest BCUT2D eigenvalue weighted by Gasteiger charge is -2.11. The first-order valence-electron chi connectivity index (χ1n) is 6.82. The van der Waals surface area contributed by atoms with E-state index in [-0.39, 0.29) is 5.75 Å². The average Bonchev–Trinajstić information content (AvgIpc) is 2.52. The van der Waals surface area contributed by atoms with Gasteiger partial charge in [0, 0.05) is 15.5 Å². The zero-order valence-electron chi connectivity index (χ0n) is 11.9. The third-order valence-electron chi connectivity index (χ3n) is 3.52. The average molecular weight is 420 g/mol. The zero-order chi connectivity index (χ0) is 15.7. The molecule has 0 spiro atoms. The van der Waals surface area contributed by atoms with E-state index in [1.807, 2.05) is 36.4 Å². The van der Waals surface area contributed by atoms with Crippen LogP contribution in [0.15, 0.2) is 51.4 Å². The molecule has 2 N–H and O–H groups in total. The van der Waals surface area contributed by atoms with Gasteiger partial charge in [-0.15, -0.1) is 0 Å². The third-order valence-corrected chi connectivity index (χ3v) is 4.78. The van der Waals surface area contributed by atoms with E-state index < -0.39 is 0 Å². The van der Waals surface area contributed by atoms with Gasteiger partial charge in [0.15, 0.2) is 5.75 Å². The number of nitrogens with one attached hydrogen (secondary N) is 1. The van der Waals surface area contributed by atoms with Gasteiger partial charge in [-0.2, -0.15) is 0 Å². The Bertz CT molecular complexity index is 855. The topological polar surface area (TPSA) is 45.1 Å². The molecule has 2 aromatic carbocycles. The maximum Gasteiger partial charge on any atom is 0.156 e. The highest BCUT2D eigenvalue weighted by Crippen LogP contribution is 2.36. The number of rotatable bonds is 3. The van der Waals surface area contributed by atoms with E-state index in [1.165, 1.54) is 5.46 Å². The maximum atomic E-state index is 10.2. The summed E-state index contributed by atoms with van der Waals surface area (Å²) in [5, 5.41) is 14.5. The van der Waals surface area contributed by atoms with Crippen LogP contribution in [0.3, 0.4) is 0 Å². The third kappa shape index (κ3) is 2.98. The van der Waals surface area contributed by atoms with Gasteiger partial charge in [0.1, 0.15) is 13.4 Å². The first-order valence-corrected chi connectivity index (χ1v) is 8.41. The van der Waals surface area contributed by atoms with Crippen molar-refractivity contribution in [1.82, 2.24) is 4.98 Å². The Hall–Kier alpha value is -1.53. The molecule has 3 nitrogen and oxygen atoms in total. The minimum atomic E-state index is 0.163. The van der Waals surface area contributed by atoms with E-state index in [2.05, 4.69) is 56.1 Å². The summed E-state index contributed by atoms with van der Waals surface area (Å²) in [6.07, 6.45) is 0. The van der Waals surface area contributed by atoms with Gasteiger partial charge in [-0.1, -0.05) is 39.6 Å². The molecule has 0 amide bonds. The second-order valence-electron chi connectivity index (χ2n) is 5.06. The Labute approximate surface area is 146 Å². The largest absolute Gasteiger partial charge is 0.505 e. The number of phenolic OH excluding ortho intramolecular Hbond substituents is 1. The number of anilines is 1. The molecule has 0 bridgehead atoms. The van der Waals surface area contributed by atoms with Crippen molar-refractivity contribution in [1.29, 1.82) is 0 Å². The summed E-state index contributed by atoms with van der Waals surface area (Å²) in [7, 11) is 2.07. The molecule has 0 radical (unpaired) electrons. The number of aromatic hydroxyl groups is 1. The number of benzene rings is 2. The molecule has 0 aliphatic carbocycles. The molecule has 3 rings (SSSR count). The summed E-state index contributed by atoms with van der Waals surface area (Å²) >= 11 is 6.84. The number of halogens is 2. The molecular weight excluding hydrogens is 407 g/mol. The second kappa shape index (κ2) is 6.30. The Balaban J connectivity index is 1.92. The van der Waals surface area contributed by atoms with Crippen LogP contribution >= 0.6 is 31.9 Å². The van der Waals surface area contributed by atoms with Crippen molar-refractivity contribution < 1.29 is 5.11 Å². The van der Waals surface area contributed by atoms with Crippen LogP contribution in [0.5, 0.6) is 5.75 Å². The fraction of sp³-hybridized carbons (Fsp3) is 0.0625. The quantitative estimate of drug-likeness (QED) is 0.640. The lowest BCUT2D eigenvalue weighted by molar-refractivity contribution is 0.477. The standard InChI is InChI=1S/C16H13BBr2N2O/c17-11-3-1-2-4-14(11)20-8-9-5-6-10-12(18)7-13(19)16(22)15(10)21-9/h1-7,20,22H,8,17H2. The minimum absolute atomic E-state index is 0.163. The van der Waals surface area contributed by atoms with E-state index >= 15 is 0 Å². The van der Waals surface area contributed by atoms with E-state index in [0.717, 1.165) is 21.2 Å². The van der Waals surface area contributed by atoms with Crippen molar-refractivity contribution >= 4 is 61.8 Å². The number of hydrogen-bond donors (Lipinski definition) is 2. The van der Waals surface area contributed by atoms with Crippen molar-refractivity contribution in [2.24, 2.45) is 0 Å². The summed E-state index contributed by atoms with van der Waals surface area (Å²) in [5.41, 5.74) is 3.74. The highest BCUT2D eigenvalue weighted by atomic mass is 79.9. The number of phenols is 1. The lowest BCUT2D eigenvalue weighted by Crippen LogP contribution is -2.12. The van der Waals surface area contributed by atoms with E-state index in [0.29, 0.717) is 16.5 Å². The number of hydrogen-bond acceptors (Lipinski definition) is 3. The minimum Gasteiger partial charge on any atom is -0.505 e. The molecule has 0 aliphatic rings. The predicted molar refractivity (Wildman–Crippen MR) is 101 cm³/mol. The first kappa shape index (κ1) is 15.4. The van der Waals surface area contributed by atoms with E-state index in [4.69, 9.17) is 0 Å². The molecule has 1 aromatic heterocycles. The van der Waals surface area contributed by atoms with Crippen molar-refractivity contribution in [2.45, 2.75) is 6.54 Å². The predicted octanol–water partition coefficient (Wildman–Crippen LogP) is 3.34. The number of aromatic nitrogens is 1. The first-order chi connectivity index (χ1) is 10.6. The Morgan fingerprint density at radius 1 is 1.09 bits per heavy atom. The summed E-state index contributed by atoms with van der Waals surface area (Å²) in [6.45, 7) is 0.602.